The number of carbonyl (C=O) groups excluding carboxylic acids is 1. The van der Waals surface area contributed by atoms with Gasteiger partial charge in [-0.1, -0.05) is 6.07 Å². The summed E-state index contributed by atoms with van der Waals surface area (Å²) in [6.45, 7) is 3.17. The van der Waals surface area contributed by atoms with Gasteiger partial charge in [-0.3, -0.25) is 4.79 Å². The van der Waals surface area contributed by atoms with E-state index >= 15 is 0 Å². The van der Waals surface area contributed by atoms with Crippen LogP contribution in [-0.2, 0) is 11.2 Å². The maximum atomic E-state index is 13.6. The third kappa shape index (κ3) is 3.10. The first-order valence-electron chi connectivity index (χ1n) is 8.58. The van der Waals surface area contributed by atoms with Crippen molar-refractivity contribution in [2.45, 2.75) is 32.2 Å². The number of thiophene rings is 1. The SMILES string of the molecule is Cc1ccc(NC(=O)C[NH+]2CCc3sccc3[C@@H]2C2CC2)cc1F. The van der Waals surface area contributed by atoms with Crippen molar-refractivity contribution in [2.24, 2.45) is 5.92 Å². The molecule has 2 aliphatic rings. The van der Waals surface area contributed by atoms with Gasteiger partial charge in [0, 0.05) is 28.5 Å². The fraction of sp³-hybridized carbons (Fsp3) is 0.421. The summed E-state index contributed by atoms with van der Waals surface area (Å²) in [5, 5.41) is 5.04. The first-order chi connectivity index (χ1) is 11.6. The lowest BCUT2D eigenvalue weighted by atomic mass is 9.96. The van der Waals surface area contributed by atoms with Gasteiger partial charge in [-0.15, -0.1) is 11.3 Å². The molecule has 126 valence electrons. The number of amides is 1. The molecule has 1 aromatic heterocycles. The smallest absolute Gasteiger partial charge is 0.279 e. The molecule has 2 aromatic rings. The molecule has 1 aliphatic carbocycles. The summed E-state index contributed by atoms with van der Waals surface area (Å²) in [4.78, 5) is 15.3. The second kappa shape index (κ2) is 6.30. The highest BCUT2D eigenvalue weighted by molar-refractivity contribution is 7.10. The molecular weight excluding hydrogens is 323 g/mol. The standard InChI is InChI=1S/C19H21FN2OS/c1-12-2-5-14(10-16(12)20)21-18(23)11-22-8-6-17-15(7-9-24-17)19(22)13-3-4-13/h2,5,7,9-10,13,19H,3-4,6,8,11H2,1H3,(H,21,23)/p+1/t19-/m0/s1. The second-order valence-electron chi connectivity index (χ2n) is 6.96. The summed E-state index contributed by atoms with van der Waals surface area (Å²) < 4.78 is 13.6. The number of hydrogen-bond acceptors (Lipinski definition) is 2. The van der Waals surface area contributed by atoms with Gasteiger partial charge in [0.1, 0.15) is 11.9 Å². The van der Waals surface area contributed by atoms with Crippen molar-refractivity contribution in [2.75, 3.05) is 18.4 Å². The minimum Gasteiger partial charge on any atom is -0.321 e. The lowest BCUT2D eigenvalue weighted by Gasteiger charge is -2.32. The molecule has 0 saturated heterocycles. The maximum absolute atomic E-state index is 13.6. The highest BCUT2D eigenvalue weighted by Gasteiger charge is 2.43. The van der Waals surface area contributed by atoms with Crippen molar-refractivity contribution in [3.05, 3.63) is 51.5 Å². The number of benzene rings is 1. The Morgan fingerprint density at radius 2 is 2.21 bits per heavy atom. The summed E-state index contributed by atoms with van der Waals surface area (Å²) in [5.41, 5.74) is 2.59. The Morgan fingerprint density at radius 3 is 2.96 bits per heavy atom. The van der Waals surface area contributed by atoms with Crippen LogP contribution in [0.1, 0.15) is 34.9 Å². The Bertz CT molecular complexity index is 768. The van der Waals surface area contributed by atoms with E-state index in [-0.39, 0.29) is 11.7 Å². The van der Waals surface area contributed by atoms with Crippen LogP contribution in [0, 0.1) is 18.7 Å². The minimum absolute atomic E-state index is 0.0300. The maximum Gasteiger partial charge on any atom is 0.279 e. The van der Waals surface area contributed by atoms with E-state index in [1.807, 2.05) is 11.3 Å². The molecule has 1 aliphatic heterocycles. The van der Waals surface area contributed by atoms with Gasteiger partial charge in [0.25, 0.3) is 5.91 Å². The molecule has 2 atom stereocenters. The third-order valence-electron chi connectivity index (χ3n) is 5.16. The third-order valence-corrected chi connectivity index (χ3v) is 6.16. The average molecular weight is 345 g/mol. The van der Waals surface area contributed by atoms with E-state index in [2.05, 4.69) is 16.8 Å². The van der Waals surface area contributed by atoms with E-state index in [1.54, 1.807) is 19.1 Å². The summed E-state index contributed by atoms with van der Waals surface area (Å²) in [6, 6.07) is 7.56. The molecule has 24 heavy (non-hydrogen) atoms. The fourth-order valence-electron chi connectivity index (χ4n) is 3.78. The fourth-order valence-corrected chi connectivity index (χ4v) is 4.71. The van der Waals surface area contributed by atoms with Crippen LogP contribution in [0.15, 0.2) is 29.6 Å². The molecule has 1 unspecified atom stereocenters. The van der Waals surface area contributed by atoms with Gasteiger partial charge in [-0.05, 0) is 48.9 Å². The second-order valence-corrected chi connectivity index (χ2v) is 7.96. The van der Waals surface area contributed by atoms with Crippen LogP contribution in [0.25, 0.3) is 0 Å². The van der Waals surface area contributed by atoms with E-state index in [4.69, 9.17) is 0 Å². The minimum atomic E-state index is -0.281. The molecule has 1 fully saturated rings. The molecule has 0 spiro atoms. The Kier molecular flexibility index (Phi) is 4.14. The summed E-state index contributed by atoms with van der Waals surface area (Å²) >= 11 is 1.85. The van der Waals surface area contributed by atoms with Crippen LogP contribution in [0.5, 0.6) is 0 Å². The lowest BCUT2D eigenvalue weighted by Crippen LogP contribution is -3.14. The molecule has 4 rings (SSSR count). The molecule has 1 saturated carbocycles. The van der Waals surface area contributed by atoms with Crippen LogP contribution < -0.4 is 10.2 Å². The first-order valence-corrected chi connectivity index (χ1v) is 9.46. The van der Waals surface area contributed by atoms with E-state index in [0.717, 1.165) is 18.9 Å². The zero-order valence-corrected chi connectivity index (χ0v) is 14.6. The largest absolute Gasteiger partial charge is 0.321 e. The van der Waals surface area contributed by atoms with Gasteiger partial charge < -0.3 is 10.2 Å². The molecular formula is C19H22FN2OS+. The normalized spacial score (nSPS) is 22.9. The highest BCUT2D eigenvalue weighted by atomic mass is 32.1. The Morgan fingerprint density at radius 1 is 1.38 bits per heavy atom. The number of nitrogens with one attached hydrogen (secondary N) is 2. The zero-order chi connectivity index (χ0) is 16.7. The van der Waals surface area contributed by atoms with Gasteiger partial charge in [-0.2, -0.15) is 0 Å². The number of rotatable bonds is 4. The van der Waals surface area contributed by atoms with Crippen LogP contribution in [0.2, 0.25) is 0 Å². The molecule has 2 N–H and O–H groups in total. The zero-order valence-electron chi connectivity index (χ0n) is 13.8. The molecule has 3 nitrogen and oxygen atoms in total. The quantitative estimate of drug-likeness (QED) is 0.878. The number of hydrogen-bond donors (Lipinski definition) is 2. The van der Waals surface area contributed by atoms with E-state index in [0.29, 0.717) is 23.8 Å². The summed E-state index contributed by atoms with van der Waals surface area (Å²) in [6.07, 6.45) is 3.60. The van der Waals surface area contributed by atoms with Gasteiger partial charge >= 0.3 is 0 Å². The van der Waals surface area contributed by atoms with Crippen molar-refractivity contribution >= 4 is 22.9 Å². The average Bonchev–Trinajstić information content (AvgIpc) is 3.27. The predicted molar refractivity (Wildman–Crippen MR) is 94.0 cm³/mol. The predicted octanol–water partition coefficient (Wildman–Crippen LogP) is 2.73. The van der Waals surface area contributed by atoms with E-state index in [9.17, 15) is 9.18 Å². The highest BCUT2D eigenvalue weighted by Crippen LogP contribution is 2.42. The summed E-state index contributed by atoms with van der Waals surface area (Å²) in [7, 11) is 0. The molecule has 5 heteroatoms. The van der Waals surface area contributed by atoms with Crippen molar-refractivity contribution in [3.8, 4) is 0 Å². The van der Waals surface area contributed by atoms with Crippen molar-refractivity contribution in [1.29, 1.82) is 0 Å². The molecule has 0 bridgehead atoms. The van der Waals surface area contributed by atoms with Crippen LogP contribution >= 0.6 is 11.3 Å². The van der Waals surface area contributed by atoms with E-state index in [1.165, 1.54) is 34.2 Å². The number of quaternary nitrogens is 1. The monoisotopic (exact) mass is 345 g/mol. The number of aryl methyl sites for hydroxylation is 1. The molecule has 2 heterocycles. The lowest BCUT2D eigenvalue weighted by molar-refractivity contribution is -0.928. The molecule has 1 amide bonds. The van der Waals surface area contributed by atoms with Gasteiger partial charge in [-0.25, -0.2) is 4.39 Å². The number of carbonyl (C=O) groups is 1. The van der Waals surface area contributed by atoms with Gasteiger partial charge in [0.05, 0.1) is 6.54 Å². The molecule has 1 aromatic carbocycles. The Labute approximate surface area is 145 Å². The first kappa shape index (κ1) is 15.8. The van der Waals surface area contributed by atoms with Crippen LogP contribution in [-0.4, -0.2) is 19.0 Å². The van der Waals surface area contributed by atoms with Gasteiger partial charge in [0.2, 0.25) is 0 Å². The number of fused-ring (bicyclic) bond motifs is 1. The van der Waals surface area contributed by atoms with Crippen molar-refractivity contribution in [3.63, 3.8) is 0 Å². The van der Waals surface area contributed by atoms with E-state index < -0.39 is 0 Å². The van der Waals surface area contributed by atoms with Crippen LogP contribution in [0.3, 0.4) is 0 Å². The Hall–Kier alpha value is -1.72. The summed E-state index contributed by atoms with van der Waals surface area (Å²) in [5.74, 6) is 0.410. The number of anilines is 1. The van der Waals surface area contributed by atoms with Gasteiger partial charge in [0.15, 0.2) is 6.54 Å². The van der Waals surface area contributed by atoms with Crippen molar-refractivity contribution < 1.29 is 14.1 Å². The molecule has 0 radical (unpaired) electrons. The number of halogens is 1. The van der Waals surface area contributed by atoms with Crippen LogP contribution in [0.4, 0.5) is 10.1 Å². The topological polar surface area (TPSA) is 33.5 Å². The Balaban J connectivity index is 1.46. The van der Waals surface area contributed by atoms with Crippen molar-refractivity contribution in [1.82, 2.24) is 0 Å².